The van der Waals surface area contributed by atoms with E-state index in [2.05, 4.69) is 22.8 Å². The van der Waals surface area contributed by atoms with Gasteiger partial charge in [-0.25, -0.2) is 4.79 Å². The van der Waals surface area contributed by atoms with E-state index in [4.69, 9.17) is 48.4 Å². The molecule has 0 fully saturated rings. The number of unbranched alkanes of at least 4 members (excludes halogenated alkanes) is 1. The van der Waals surface area contributed by atoms with Crippen molar-refractivity contribution in [2.75, 3.05) is 119 Å². The van der Waals surface area contributed by atoms with Crippen LogP contribution in [0.15, 0.2) is 48.5 Å². The lowest BCUT2D eigenvalue weighted by molar-refractivity contribution is -0.122. The molecule has 0 radical (unpaired) electrons. The highest BCUT2D eigenvalue weighted by molar-refractivity contribution is 5.84. The number of rotatable bonds is 33. The van der Waals surface area contributed by atoms with Crippen molar-refractivity contribution >= 4 is 17.9 Å². The van der Waals surface area contributed by atoms with E-state index in [1.165, 1.54) is 0 Å². The Morgan fingerprint density at radius 3 is 1.54 bits per heavy atom. The van der Waals surface area contributed by atoms with E-state index in [9.17, 15) is 14.4 Å². The van der Waals surface area contributed by atoms with Crippen molar-refractivity contribution in [2.45, 2.75) is 37.6 Å². The summed E-state index contributed by atoms with van der Waals surface area (Å²) in [5, 5.41) is 5.43. The number of ether oxygens (including phenoxy) is 9. The third-order valence-electron chi connectivity index (χ3n) is 8.36. The maximum absolute atomic E-state index is 12.6. The van der Waals surface area contributed by atoms with E-state index in [1.807, 2.05) is 36.4 Å². The van der Waals surface area contributed by atoms with Gasteiger partial charge in [0.1, 0.15) is 12.6 Å². The molecule has 2 aromatic rings. The monoisotopic (exact) mass is 761 g/mol. The molecule has 0 aromatic heterocycles. The van der Waals surface area contributed by atoms with Crippen LogP contribution < -0.4 is 16.4 Å². The van der Waals surface area contributed by atoms with Gasteiger partial charge in [-0.3, -0.25) is 9.59 Å². The zero-order chi connectivity index (χ0) is 38.5. The molecule has 0 bridgehead atoms. The minimum absolute atomic E-state index is 0.0850. The molecule has 15 nitrogen and oxygen atoms in total. The summed E-state index contributed by atoms with van der Waals surface area (Å²) in [6.07, 6.45) is 1.05. The Labute approximate surface area is 318 Å². The van der Waals surface area contributed by atoms with Gasteiger partial charge in [0.15, 0.2) is 0 Å². The van der Waals surface area contributed by atoms with Gasteiger partial charge in [-0.1, -0.05) is 48.5 Å². The van der Waals surface area contributed by atoms with Crippen molar-refractivity contribution in [2.24, 2.45) is 5.73 Å². The first-order valence-corrected chi connectivity index (χ1v) is 18.7. The summed E-state index contributed by atoms with van der Waals surface area (Å²) in [5.41, 5.74) is 10.0. The second-order valence-corrected chi connectivity index (χ2v) is 12.3. The van der Waals surface area contributed by atoms with Crippen molar-refractivity contribution in [3.8, 4) is 11.1 Å². The van der Waals surface area contributed by atoms with Crippen LogP contribution in [-0.4, -0.2) is 143 Å². The summed E-state index contributed by atoms with van der Waals surface area (Å²) >= 11 is 0. The number of alkyl carbamates (subject to hydrolysis) is 1. The molecular weight excluding hydrogens is 702 g/mol. The number of nitrogens with one attached hydrogen (secondary N) is 2. The molecule has 3 amide bonds. The smallest absolute Gasteiger partial charge is 0.407 e. The van der Waals surface area contributed by atoms with Crippen LogP contribution in [0, 0.1) is 0 Å². The first-order valence-electron chi connectivity index (χ1n) is 18.7. The van der Waals surface area contributed by atoms with E-state index in [1.54, 1.807) is 7.11 Å². The second kappa shape index (κ2) is 28.7. The van der Waals surface area contributed by atoms with E-state index in [-0.39, 0.29) is 31.5 Å². The van der Waals surface area contributed by atoms with Crippen LogP contribution in [0.5, 0.6) is 0 Å². The number of fused-ring (bicyclic) bond motifs is 3. The minimum atomic E-state index is -0.872. The number of carbonyl (C=O) groups excluding carboxylic acids is 3. The molecule has 0 unspecified atom stereocenters. The molecular formula is C39H59N3O12. The third kappa shape index (κ3) is 18.6. The van der Waals surface area contributed by atoms with E-state index < -0.39 is 18.0 Å². The van der Waals surface area contributed by atoms with Crippen LogP contribution in [0.2, 0.25) is 0 Å². The van der Waals surface area contributed by atoms with Crippen molar-refractivity contribution in [3.05, 3.63) is 59.7 Å². The fourth-order valence-electron chi connectivity index (χ4n) is 5.59. The van der Waals surface area contributed by atoms with Gasteiger partial charge in [-0.05, 0) is 41.5 Å². The Hall–Kier alpha value is -3.67. The SMILES string of the molecule is COCCOCCOCCOCCOCCOCCOCCOCCC(=O)NCCCC[C@H](NC(=O)OCC1c2ccccc2-c2ccccc21)C(N)=O. The fourth-order valence-corrected chi connectivity index (χ4v) is 5.59. The lowest BCUT2D eigenvalue weighted by Crippen LogP contribution is -2.45. The highest BCUT2D eigenvalue weighted by Gasteiger charge is 2.29. The van der Waals surface area contributed by atoms with Gasteiger partial charge in [0.25, 0.3) is 0 Å². The normalized spacial score (nSPS) is 12.6. The largest absolute Gasteiger partial charge is 0.449 e. The molecule has 4 N–H and O–H groups in total. The molecule has 3 rings (SSSR count). The van der Waals surface area contributed by atoms with E-state index >= 15 is 0 Å². The van der Waals surface area contributed by atoms with Crippen molar-refractivity contribution in [1.82, 2.24) is 10.6 Å². The van der Waals surface area contributed by atoms with Crippen LogP contribution in [0.25, 0.3) is 11.1 Å². The van der Waals surface area contributed by atoms with Crippen LogP contribution >= 0.6 is 0 Å². The average Bonchev–Trinajstić information content (AvgIpc) is 3.50. The van der Waals surface area contributed by atoms with Crippen molar-refractivity contribution in [3.63, 3.8) is 0 Å². The summed E-state index contributed by atoms with van der Waals surface area (Å²) in [7, 11) is 1.64. The number of nitrogens with two attached hydrogens (primary N) is 1. The third-order valence-corrected chi connectivity index (χ3v) is 8.36. The Balaban J connectivity index is 1.07. The number of methoxy groups -OCH3 is 1. The van der Waals surface area contributed by atoms with Crippen molar-refractivity contribution in [1.29, 1.82) is 0 Å². The predicted molar refractivity (Wildman–Crippen MR) is 200 cm³/mol. The highest BCUT2D eigenvalue weighted by Crippen LogP contribution is 2.44. The Morgan fingerprint density at radius 1 is 0.630 bits per heavy atom. The number of hydrogen-bond donors (Lipinski definition) is 3. The topological polar surface area (TPSA) is 184 Å². The molecule has 302 valence electrons. The van der Waals surface area contributed by atoms with Gasteiger partial charge in [-0.15, -0.1) is 0 Å². The molecule has 54 heavy (non-hydrogen) atoms. The van der Waals surface area contributed by atoms with Gasteiger partial charge in [0.2, 0.25) is 11.8 Å². The second-order valence-electron chi connectivity index (χ2n) is 12.3. The standard InChI is InChI=1S/C39H59N3O12/c1-46-16-17-48-20-21-50-24-25-52-28-29-53-27-26-51-23-22-49-19-18-47-15-13-37(43)41-14-7-6-12-36(38(40)44)42-39(45)54-30-35-33-10-4-2-8-31(33)32-9-3-5-11-34(32)35/h2-5,8-11,35-36H,6-7,12-30H2,1H3,(H2,40,44)(H,41,43)(H,42,45)/t36-/m0/s1. The van der Waals surface area contributed by atoms with E-state index in [0.29, 0.717) is 118 Å². The van der Waals surface area contributed by atoms with Crippen LogP contribution in [0.3, 0.4) is 0 Å². The van der Waals surface area contributed by atoms with Gasteiger partial charge >= 0.3 is 6.09 Å². The number of amides is 3. The first kappa shape index (κ1) is 44.7. The number of hydrogen-bond acceptors (Lipinski definition) is 12. The quantitative estimate of drug-likeness (QED) is 0.0906. The minimum Gasteiger partial charge on any atom is -0.449 e. The van der Waals surface area contributed by atoms with Crippen molar-refractivity contribution < 1.29 is 57.0 Å². The fraction of sp³-hybridized carbons (Fsp3) is 0.615. The molecule has 0 saturated heterocycles. The zero-order valence-corrected chi connectivity index (χ0v) is 31.6. The summed E-state index contributed by atoms with van der Waals surface area (Å²) in [6, 6.07) is 15.3. The average molecular weight is 762 g/mol. The molecule has 1 aliphatic rings. The van der Waals surface area contributed by atoms with Gasteiger partial charge in [0, 0.05) is 26.0 Å². The number of carbonyl (C=O) groups is 3. The highest BCUT2D eigenvalue weighted by atomic mass is 16.6. The number of primary amides is 1. The van der Waals surface area contributed by atoms with Crippen LogP contribution in [-0.2, 0) is 52.2 Å². The zero-order valence-electron chi connectivity index (χ0n) is 31.6. The Bertz CT molecular complexity index is 1290. The first-order chi connectivity index (χ1) is 26.5. The van der Waals surface area contributed by atoms with Gasteiger partial charge in [-0.2, -0.15) is 0 Å². The maximum atomic E-state index is 12.6. The summed E-state index contributed by atoms with van der Waals surface area (Å²) < 4.78 is 48.5. The maximum Gasteiger partial charge on any atom is 0.407 e. The van der Waals surface area contributed by atoms with E-state index in [0.717, 1.165) is 22.3 Å². The summed E-state index contributed by atoms with van der Waals surface area (Å²) in [5.74, 6) is -0.858. The molecule has 15 heteroatoms. The van der Waals surface area contributed by atoms with Gasteiger partial charge in [0.05, 0.1) is 99.1 Å². The van der Waals surface area contributed by atoms with Crippen LogP contribution in [0.4, 0.5) is 4.79 Å². The summed E-state index contributed by atoms with van der Waals surface area (Å²) in [6.45, 7) is 7.62. The molecule has 1 aliphatic carbocycles. The van der Waals surface area contributed by atoms with Crippen LogP contribution in [0.1, 0.15) is 42.7 Å². The van der Waals surface area contributed by atoms with Gasteiger partial charge < -0.3 is 59.0 Å². The molecule has 0 spiro atoms. The predicted octanol–water partition coefficient (Wildman–Crippen LogP) is 2.82. The molecule has 0 aliphatic heterocycles. The Morgan fingerprint density at radius 2 is 1.07 bits per heavy atom. The lowest BCUT2D eigenvalue weighted by Gasteiger charge is -2.18. The molecule has 0 heterocycles. The Kier molecular flexibility index (Phi) is 23.8. The summed E-state index contributed by atoms with van der Waals surface area (Å²) in [4.78, 5) is 36.7. The molecule has 2 aromatic carbocycles. The number of benzene rings is 2. The molecule has 1 atom stereocenters. The molecule has 0 saturated carbocycles. The lowest BCUT2D eigenvalue weighted by atomic mass is 9.98.